The second-order valence-electron chi connectivity index (χ2n) is 4.02. The van der Waals surface area contributed by atoms with Crippen molar-refractivity contribution in [3.8, 4) is 11.5 Å². The van der Waals surface area contributed by atoms with E-state index in [1.165, 1.54) is 0 Å². The standard InChI is InChI=1S/C14H16N2O3S/c1-18-12-4-2-3-5-13(12)19-8-14(17)15-7-6-11-9-20-10-16-11/h2-5,9-10H,6-8H2,1H3,(H,15,17). The Kier molecular flexibility index (Phi) is 5.37. The number of ether oxygens (including phenoxy) is 2. The van der Waals surface area contributed by atoms with E-state index >= 15 is 0 Å². The number of aromatic nitrogens is 1. The highest BCUT2D eigenvalue weighted by molar-refractivity contribution is 7.07. The fourth-order valence-electron chi connectivity index (χ4n) is 1.62. The molecule has 0 aliphatic heterocycles. The van der Waals surface area contributed by atoms with E-state index in [0.29, 0.717) is 18.0 Å². The third-order valence-corrected chi connectivity index (χ3v) is 3.25. The Morgan fingerprint density at radius 2 is 2.15 bits per heavy atom. The molecular formula is C14H16N2O3S. The van der Waals surface area contributed by atoms with Crippen molar-refractivity contribution in [1.29, 1.82) is 0 Å². The number of hydrogen-bond acceptors (Lipinski definition) is 5. The Balaban J connectivity index is 1.72. The topological polar surface area (TPSA) is 60.5 Å². The maximum absolute atomic E-state index is 11.6. The lowest BCUT2D eigenvalue weighted by Gasteiger charge is -2.10. The van der Waals surface area contributed by atoms with Gasteiger partial charge in [0, 0.05) is 18.3 Å². The average molecular weight is 292 g/mol. The van der Waals surface area contributed by atoms with Crippen LogP contribution in [0.5, 0.6) is 11.5 Å². The smallest absolute Gasteiger partial charge is 0.257 e. The van der Waals surface area contributed by atoms with Gasteiger partial charge < -0.3 is 14.8 Å². The maximum Gasteiger partial charge on any atom is 0.257 e. The van der Waals surface area contributed by atoms with Gasteiger partial charge in [-0.05, 0) is 12.1 Å². The normalized spacial score (nSPS) is 10.1. The van der Waals surface area contributed by atoms with Crippen LogP contribution in [0.2, 0.25) is 0 Å². The van der Waals surface area contributed by atoms with Crippen molar-refractivity contribution in [1.82, 2.24) is 10.3 Å². The first-order valence-electron chi connectivity index (χ1n) is 6.19. The first-order valence-corrected chi connectivity index (χ1v) is 7.13. The highest BCUT2D eigenvalue weighted by Crippen LogP contribution is 2.25. The van der Waals surface area contributed by atoms with Gasteiger partial charge in [-0.2, -0.15) is 0 Å². The summed E-state index contributed by atoms with van der Waals surface area (Å²) in [6, 6.07) is 7.23. The largest absolute Gasteiger partial charge is 0.493 e. The van der Waals surface area contributed by atoms with Gasteiger partial charge in [-0.3, -0.25) is 4.79 Å². The summed E-state index contributed by atoms with van der Waals surface area (Å²) < 4.78 is 10.6. The number of carbonyl (C=O) groups excluding carboxylic acids is 1. The summed E-state index contributed by atoms with van der Waals surface area (Å²) in [5.41, 5.74) is 2.77. The minimum atomic E-state index is -0.161. The van der Waals surface area contributed by atoms with Crippen LogP contribution in [0, 0.1) is 0 Å². The molecule has 1 aromatic heterocycles. The van der Waals surface area contributed by atoms with Crippen LogP contribution in [-0.4, -0.2) is 31.2 Å². The van der Waals surface area contributed by atoms with Crippen molar-refractivity contribution in [2.24, 2.45) is 0 Å². The third-order valence-electron chi connectivity index (χ3n) is 2.61. The minimum Gasteiger partial charge on any atom is -0.493 e. The van der Waals surface area contributed by atoms with E-state index in [0.717, 1.165) is 12.1 Å². The molecule has 106 valence electrons. The third kappa shape index (κ3) is 4.24. The second kappa shape index (κ2) is 7.49. The molecule has 20 heavy (non-hydrogen) atoms. The van der Waals surface area contributed by atoms with Crippen LogP contribution in [0.25, 0.3) is 0 Å². The fourth-order valence-corrected chi connectivity index (χ4v) is 2.22. The van der Waals surface area contributed by atoms with E-state index < -0.39 is 0 Å². The molecule has 0 radical (unpaired) electrons. The lowest BCUT2D eigenvalue weighted by atomic mass is 10.3. The zero-order chi connectivity index (χ0) is 14.2. The maximum atomic E-state index is 11.6. The number of hydrogen-bond donors (Lipinski definition) is 1. The lowest BCUT2D eigenvalue weighted by Crippen LogP contribution is -2.30. The fraction of sp³-hybridized carbons (Fsp3) is 0.286. The van der Waals surface area contributed by atoms with Crippen LogP contribution in [-0.2, 0) is 11.2 Å². The molecule has 6 heteroatoms. The first-order chi connectivity index (χ1) is 9.79. The molecule has 0 spiro atoms. The number of amides is 1. The Hall–Kier alpha value is -2.08. The quantitative estimate of drug-likeness (QED) is 0.846. The van der Waals surface area contributed by atoms with Crippen LogP contribution in [0.1, 0.15) is 5.69 Å². The van der Waals surface area contributed by atoms with Crippen molar-refractivity contribution in [3.05, 3.63) is 40.8 Å². The van der Waals surface area contributed by atoms with Crippen molar-refractivity contribution in [2.75, 3.05) is 20.3 Å². The second-order valence-corrected chi connectivity index (χ2v) is 4.74. The molecule has 2 rings (SSSR count). The van der Waals surface area contributed by atoms with Gasteiger partial charge in [-0.1, -0.05) is 12.1 Å². The van der Waals surface area contributed by atoms with Gasteiger partial charge in [0.2, 0.25) is 0 Å². The van der Waals surface area contributed by atoms with Gasteiger partial charge in [0.15, 0.2) is 18.1 Å². The van der Waals surface area contributed by atoms with Gasteiger partial charge in [0.1, 0.15) is 0 Å². The molecular weight excluding hydrogens is 276 g/mol. The molecule has 1 aromatic carbocycles. The van der Waals surface area contributed by atoms with E-state index in [9.17, 15) is 4.79 Å². The summed E-state index contributed by atoms with van der Waals surface area (Å²) in [4.78, 5) is 15.8. The van der Waals surface area contributed by atoms with Crippen LogP contribution >= 0.6 is 11.3 Å². The summed E-state index contributed by atoms with van der Waals surface area (Å²) in [5.74, 6) is 1.01. The van der Waals surface area contributed by atoms with Gasteiger partial charge in [0.05, 0.1) is 18.3 Å². The van der Waals surface area contributed by atoms with Gasteiger partial charge >= 0.3 is 0 Å². The highest BCUT2D eigenvalue weighted by Gasteiger charge is 2.06. The minimum absolute atomic E-state index is 0.0303. The monoisotopic (exact) mass is 292 g/mol. The summed E-state index contributed by atoms with van der Waals surface area (Å²) in [5, 5.41) is 4.76. The molecule has 2 aromatic rings. The molecule has 5 nitrogen and oxygen atoms in total. The number of rotatable bonds is 7. The number of para-hydroxylation sites is 2. The predicted octanol–water partition coefficient (Wildman–Crippen LogP) is 1.89. The number of nitrogens with zero attached hydrogens (tertiary/aromatic N) is 1. The Labute approximate surface area is 121 Å². The number of benzene rings is 1. The first kappa shape index (κ1) is 14.3. The van der Waals surface area contributed by atoms with Crippen molar-refractivity contribution >= 4 is 17.2 Å². The molecule has 0 fully saturated rings. The SMILES string of the molecule is COc1ccccc1OCC(=O)NCCc1cscn1. The van der Waals surface area contributed by atoms with Crippen LogP contribution in [0.3, 0.4) is 0 Å². The number of carbonyl (C=O) groups is 1. The van der Waals surface area contributed by atoms with Crippen molar-refractivity contribution in [2.45, 2.75) is 6.42 Å². The van der Waals surface area contributed by atoms with E-state index in [2.05, 4.69) is 10.3 Å². The molecule has 0 bridgehead atoms. The molecule has 1 amide bonds. The van der Waals surface area contributed by atoms with Gasteiger partial charge in [-0.15, -0.1) is 11.3 Å². The molecule has 0 aliphatic rings. The van der Waals surface area contributed by atoms with E-state index in [1.54, 1.807) is 36.1 Å². The number of methoxy groups -OCH3 is 1. The predicted molar refractivity (Wildman–Crippen MR) is 77.3 cm³/mol. The molecule has 0 atom stereocenters. The summed E-state index contributed by atoms with van der Waals surface area (Å²) in [7, 11) is 1.57. The Morgan fingerprint density at radius 1 is 1.35 bits per heavy atom. The van der Waals surface area contributed by atoms with Crippen LogP contribution < -0.4 is 14.8 Å². The molecule has 0 aliphatic carbocycles. The molecule has 0 saturated carbocycles. The zero-order valence-corrected chi connectivity index (χ0v) is 12.0. The molecule has 0 unspecified atom stereocenters. The number of nitrogens with one attached hydrogen (secondary N) is 1. The van der Waals surface area contributed by atoms with E-state index in [1.807, 2.05) is 17.5 Å². The highest BCUT2D eigenvalue weighted by atomic mass is 32.1. The van der Waals surface area contributed by atoms with Crippen molar-refractivity contribution < 1.29 is 14.3 Å². The van der Waals surface area contributed by atoms with Crippen molar-refractivity contribution in [3.63, 3.8) is 0 Å². The molecule has 1 N–H and O–H groups in total. The summed E-state index contributed by atoms with van der Waals surface area (Å²) >= 11 is 1.55. The van der Waals surface area contributed by atoms with Crippen LogP contribution in [0.15, 0.2) is 35.2 Å². The average Bonchev–Trinajstić information content (AvgIpc) is 2.98. The van der Waals surface area contributed by atoms with E-state index in [4.69, 9.17) is 9.47 Å². The molecule has 1 heterocycles. The number of thiazole rings is 1. The lowest BCUT2D eigenvalue weighted by molar-refractivity contribution is -0.123. The summed E-state index contributed by atoms with van der Waals surface area (Å²) in [6.07, 6.45) is 0.726. The van der Waals surface area contributed by atoms with Gasteiger partial charge in [0.25, 0.3) is 5.91 Å². The van der Waals surface area contributed by atoms with Gasteiger partial charge in [-0.25, -0.2) is 4.98 Å². The zero-order valence-electron chi connectivity index (χ0n) is 11.2. The Bertz CT molecular complexity index is 543. The summed E-state index contributed by atoms with van der Waals surface area (Å²) in [6.45, 7) is 0.523. The van der Waals surface area contributed by atoms with Crippen LogP contribution in [0.4, 0.5) is 0 Å². The van der Waals surface area contributed by atoms with E-state index in [-0.39, 0.29) is 12.5 Å². The molecule has 0 saturated heterocycles. The Morgan fingerprint density at radius 3 is 2.85 bits per heavy atom.